The van der Waals surface area contributed by atoms with Gasteiger partial charge in [-0.25, -0.2) is 4.39 Å². The normalized spacial score (nSPS) is 12.4. The standard InChI is InChI=1S/C11H14FNS/c1-3-10(13-2)8-14-11-6-4-5-9(12)7-11/h3-7,10,13H,1,8H2,2H3. The van der Waals surface area contributed by atoms with Gasteiger partial charge in [-0.05, 0) is 25.2 Å². The predicted molar refractivity (Wildman–Crippen MR) is 60.2 cm³/mol. The van der Waals surface area contributed by atoms with Crippen LogP contribution in [0.1, 0.15) is 0 Å². The van der Waals surface area contributed by atoms with Crippen molar-refractivity contribution in [3.8, 4) is 0 Å². The van der Waals surface area contributed by atoms with Gasteiger partial charge in [0.05, 0.1) is 0 Å². The first kappa shape index (κ1) is 11.3. The molecule has 0 aliphatic heterocycles. The van der Waals surface area contributed by atoms with Gasteiger partial charge >= 0.3 is 0 Å². The van der Waals surface area contributed by atoms with Crippen LogP contribution in [0.2, 0.25) is 0 Å². The molecule has 0 aliphatic carbocycles. The van der Waals surface area contributed by atoms with E-state index in [-0.39, 0.29) is 11.9 Å². The zero-order valence-electron chi connectivity index (χ0n) is 8.16. The molecule has 0 spiro atoms. The fourth-order valence-electron chi connectivity index (χ4n) is 1.01. The lowest BCUT2D eigenvalue weighted by atomic mass is 10.3. The van der Waals surface area contributed by atoms with Crippen molar-refractivity contribution in [3.05, 3.63) is 42.7 Å². The summed E-state index contributed by atoms with van der Waals surface area (Å²) in [6.07, 6.45) is 1.85. The number of nitrogens with one attached hydrogen (secondary N) is 1. The zero-order chi connectivity index (χ0) is 10.4. The molecule has 0 heterocycles. The van der Waals surface area contributed by atoms with Crippen molar-refractivity contribution in [2.45, 2.75) is 10.9 Å². The van der Waals surface area contributed by atoms with E-state index in [2.05, 4.69) is 11.9 Å². The molecule has 1 nitrogen and oxygen atoms in total. The second kappa shape index (κ2) is 5.83. The van der Waals surface area contributed by atoms with Crippen molar-refractivity contribution in [2.24, 2.45) is 0 Å². The average molecular weight is 211 g/mol. The van der Waals surface area contributed by atoms with E-state index >= 15 is 0 Å². The molecule has 1 aromatic rings. The highest BCUT2D eigenvalue weighted by atomic mass is 32.2. The Kier molecular flexibility index (Phi) is 4.70. The second-order valence-electron chi connectivity index (χ2n) is 2.90. The molecule has 0 bridgehead atoms. The molecule has 0 saturated carbocycles. The van der Waals surface area contributed by atoms with Crippen LogP contribution in [-0.4, -0.2) is 18.8 Å². The third kappa shape index (κ3) is 3.52. The smallest absolute Gasteiger partial charge is 0.124 e. The number of rotatable bonds is 5. The lowest BCUT2D eigenvalue weighted by Gasteiger charge is -2.10. The van der Waals surface area contributed by atoms with E-state index in [4.69, 9.17) is 0 Å². The molecule has 1 rings (SSSR count). The van der Waals surface area contributed by atoms with Gasteiger partial charge in [-0.15, -0.1) is 18.3 Å². The van der Waals surface area contributed by atoms with Crippen LogP contribution in [0, 0.1) is 5.82 Å². The van der Waals surface area contributed by atoms with Crippen molar-refractivity contribution in [2.75, 3.05) is 12.8 Å². The molecular weight excluding hydrogens is 197 g/mol. The van der Waals surface area contributed by atoms with Crippen molar-refractivity contribution in [1.29, 1.82) is 0 Å². The van der Waals surface area contributed by atoms with E-state index in [1.54, 1.807) is 23.9 Å². The highest BCUT2D eigenvalue weighted by Gasteiger charge is 2.02. The molecule has 0 aromatic heterocycles. The SMILES string of the molecule is C=CC(CSc1cccc(F)c1)NC. The molecule has 0 fully saturated rings. The van der Waals surface area contributed by atoms with Crippen molar-refractivity contribution in [3.63, 3.8) is 0 Å². The van der Waals surface area contributed by atoms with Crippen LogP contribution in [0.3, 0.4) is 0 Å². The molecular formula is C11H14FNS. The summed E-state index contributed by atoms with van der Waals surface area (Å²) in [7, 11) is 1.89. The van der Waals surface area contributed by atoms with E-state index in [9.17, 15) is 4.39 Å². The summed E-state index contributed by atoms with van der Waals surface area (Å²) in [5.74, 6) is 0.679. The summed E-state index contributed by atoms with van der Waals surface area (Å²) in [6, 6.07) is 6.89. The van der Waals surface area contributed by atoms with Crippen molar-refractivity contribution >= 4 is 11.8 Å². The molecule has 76 valence electrons. The Hall–Kier alpha value is -0.800. The van der Waals surface area contributed by atoms with Crippen LogP contribution < -0.4 is 5.32 Å². The maximum Gasteiger partial charge on any atom is 0.124 e. The summed E-state index contributed by atoms with van der Waals surface area (Å²) in [4.78, 5) is 0.951. The van der Waals surface area contributed by atoms with E-state index in [1.807, 2.05) is 19.2 Å². The monoisotopic (exact) mass is 211 g/mol. The molecule has 1 unspecified atom stereocenters. The number of thioether (sulfide) groups is 1. The van der Waals surface area contributed by atoms with Crippen LogP contribution in [0.5, 0.6) is 0 Å². The first-order chi connectivity index (χ1) is 6.76. The summed E-state index contributed by atoms with van der Waals surface area (Å²) < 4.78 is 12.8. The molecule has 0 radical (unpaired) electrons. The summed E-state index contributed by atoms with van der Waals surface area (Å²) >= 11 is 1.62. The highest BCUT2D eigenvalue weighted by molar-refractivity contribution is 7.99. The van der Waals surface area contributed by atoms with Gasteiger partial charge in [0.1, 0.15) is 5.82 Å². The summed E-state index contributed by atoms with van der Waals surface area (Å²) in [6.45, 7) is 3.71. The Labute approximate surface area is 88.4 Å². The molecule has 1 atom stereocenters. The average Bonchev–Trinajstić information content (AvgIpc) is 2.19. The lowest BCUT2D eigenvalue weighted by molar-refractivity contribution is 0.624. The van der Waals surface area contributed by atoms with Crippen molar-refractivity contribution < 1.29 is 4.39 Å². The molecule has 0 aliphatic rings. The molecule has 0 saturated heterocycles. The summed E-state index contributed by atoms with van der Waals surface area (Å²) in [5.41, 5.74) is 0. The fourth-order valence-corrected chi connectivity index (χ4v) is 2.06. The molecule has 1 aromatic carbocycles. The third-order valence-corrected chi connectivity index (χ3v) is 2.99. The Morgan fingerprint density at radius 3 is 3.00 bits per heavy atom. The van der Waals surface area contributed by atoms with Crippen LogP contribution in [0.4, 0.5) is 4.39 Å². The van der Waals surface area contributed by atoms with Crippen LogP contribution >= 0.6 is 11.8 Å². The first-order valence-corrected chi connectivity index (χ1v) is 5.43. The maximum atomic E-state index is 12.8. The first-order valence-electron chi connectivity index (χ1n) is 4.44. The van der Waals surface area contributed by atoms with Crippen LogP contribution in [0.25, 0.3) is 0 Å². The van der Waals surface area contributed by atoms with Gasteiger partial charge in [0.25, 0.3) is 0 Å². The molecule has 1 N–H and O–H groups in total. The topological polar surface area (TPSA) is 12.0 Å². The lowest BCUT2D eigenvalue weighted by Crippen LogP contribution is -2.24. The number of hydrogen-bond acceptors (Lipinski definition) is 2. The van der Waals surface area contributed by atoms with E-state index < -0.39 is 0 Å². The minimum Gasteiger partial charge on any atom is -0.313 e. The minimum absolute atomic E-state index is 0.186. The quantitative estimate of drug-likeness (QED) is 0.593. The third-order valence-electron chi connectivity index (χ3n) is 1.88. The van der Waals surface area contributed by atoms with Gasteiger partial charge in [0.15, 0.2) is 0 Å². The maximum absolute atomic E-state index is 12.8. The van der Waals surface area contributed by atoms with Crippen molar-refractivity contribution in [1.82, 2.24) is 5.32 Å². The number of benzene rings is 1. The van der Waals surface area contributed by atoms with Gasteiger partial charge in [-0.1, -0.05) is 12.1 Å². The fraction of sp³-hybridized carbons (Fsp3) is 0.273. The van der Waals surface area contributed by atoms with Gasteiger partial charge in [-0.3, -0.25) is 0 Å². The Balaban J connectivity index is 2.48. The van der Waals surface area contributed by atoms with E-state index in [0.717, 1.165) is 10.6 Å². The van der Waals surface area contributed by atoms with Gasteiger partial charge in [0, 0.05) is 16.7 Å². The summed E-state index contributed by atoms with van der Waals surface area (Å²) in [5, 5.41) is 3.10. The Morgan fingerprint density at radius 2 is 2.43 bits per heavy atom. The zero-order valence-corrected chi connectivity index (χ0v) is 8.98. The van der Waals surface area contributed by atoms with Crippen LogP contribution in [0.15, 0.2) is 41.8 Å². The number of likely N-dealkylation sites (N-methyl/N-ethyl adjacent to an activating group) is 1. The largest absolute Gasteiger partial charge is 0.313 e. The predicted octanol–water partition coefficient (Wildman–Crippen LogP) is 2.69. The van der Waals surface area contributed by atoms with Gasteiger partial charge < -0.3 is 5.32 Å². The second-order valence-corrected chi connectivity index (χ2v) is 3.99. The minimum atomic E-state index is -0.186. The number of hydrogen-bond donors (Lipinski definition) is 1. The van der Waals surface area contributed by atoms with Crippen LogP contribution in [-0.2, 0) is 0 Å². The van der Waals surface area contributed by atoms with Gasteiger partial charge in [-0.2, -0.15) is 0 Å². The van der Waals surface area contributed by atoms with Gasteiger partial charge in [0.2, 0.25) is 0 Å². The highest BCUT2D eigenvalue weighted by Crippen LogP contribution is 2.19. The van der Waals surface area contributed by atoms with E-state index in [0.29, 0.717) is 0 Å². The molecule has 14 heavy (non-hydrogen) atoms. The van der Waals surface area contributed by atoms with E-state index in [1.165, 1.54) is 6.07 Å². The Morgan fingerprint density at radius 1 is 1.64 bits per heavy atom. The number of halogens is 1. The molecule has 0 amide bonds. The molecule has 3 heteroatoms. The Bertz CT molecular complexity index is 301.